The van der Waals surface area contributed by atoms with E-state index in [0.29, 0.717) is 0 Å². The quantitative estimate of drug-likeness (QED) is 0.136. The highest BCUT2D eigenvalue weighted by atomic mass is 15.2. The Bertz CT molecular complexity index is 5050. The van der Waals surface area contributed by atoms with Gasteiger partial charge in [0.05, 0.1) is 22.1 Å². The first-order chi connectivity index (χ1) is 43.8. The Hall–Kier alpha value is -10.9. The fourth-order valence-electron chi connectivity index (χ4n) is 13.7. The molecule has 4 heteroatoms. The number of hydrogen-bond donors (Lipinski definition) is 0. The van der Waals surface area contributed by atoms with Crippen LogP contribution in [-0.4, -0.2) is 9.13 Å². The van der Waals surface area contributed by atoms with Gasteiger partial charge in [0.15, 0.2) is 0 Å². The topological polar surface area (TPSA) is 16.3 Å². The number of hydrogen-bond acceptors (Lipinski definition) is 2. The molecule has 2 heterocycles. The molecule has 0 aliphatic carbocycles. The number of anilines is 6. The molecule has 4 nitrogen and oxygen atoms in total. The van der Waals surface area contributed by atoms with Crippen molar-refractivity contribution >= 4 is 110 Å². The molecule has 14 aromatic carbocycles. The molecule has 0 N–H and O–H groups in total. The summed E-state index contributed by atoms with van der Waals surface area (Å²) in [5, 5.41) is 12.2. The van der Waals surface area contributed by atoms with Gasteiger partial charge >= 0.3 is 0 Å². The first-order valence-electron chi connectivity index (χ1n) is 31.5. The predicted octanol–water partition coefficient (Wildman–Crippen LogP) is 24.2. The van der Waals surface area contributed by atoms with Gasteiger partial charge in [-0.1, -0.05) is 211 Å². The molecular formula is C86H68N4. The van der Waals surface area contributed by atoms with Crippen molar-refractivity contribution in [1.29, 1.82) is 0 Å². The summed E-state index contributed by atoms with van der Waals surface area (Å²) in [6.45, 7) is 13.7. The van der Waals surface area contributed by atoms with E-state index in [2.05, 4.69) is 364 Å². The fraction of sp³-hybridized carbons (Fsp3) is 0.0930. The summed E-state index contributed by atoms with van der Waals surface area (Å²) in [6.07, 6.45) is 0. The Kier molecular flexibility index (Phi) is 13.0. The zero-order valence-electron chi connectivity index (χ0n) is 51.7. The van der Waals surface area contributed by atoms with Crippen molar-refractivity contribution in [3.63, 3.8) is 0 Å². The number of fused-ring (bicyclic) bond motifs is 9. The molecule has 0 unspecified atom stereocenters. The van der Waals surface area contributed by atoms with E-state index in [1.165, 1.54) is 87.2 Å². The van der Waals surface area contributed by atoms with E-state index >= 15 is 0 Å². The van der Waals surface area contributed by atoms with Crippen molar-refractivity contribution in [3.8, 4) is 33.6 Å². The summed E-state index contributed by atoms with van der Waals surface area (Å²) in [5.74, 6) is 0. The standard InChI is InChI=1S/C86H68N4/c1-85(2,3)67-33-41-73(42-34-67)87(71-37-29-59(30-38-71)63-27-25-57-17-13-15-19-61(57)49-63)75-45-47-77-79-51-65-52-80-78-48-46-76(56-84(78)90(70-23-11-8-12-24-70)82(80)54-66(65)53-81(79)89(83(77)55-75)69-21-9-7-10-22-69)88(74-43-35-68(36-44-74)86(4,5)6)72-39-31-60(32-40-72)64-28-26-58-18-14-16-20-62(58)50-64/h7-56H,1-6H3. The first kappa shape index (κ1) is 54.5. The summed E-state index contributed by atoms with van der Waals surface area (Å²) in [6, 6.07) is 113. The third kappa shape index (κ3) is 9.64. The second kappa shape index (κ2) is 21.4. The highest BCUT2D eigenvalue weighted by Crippen LogP contribution is 2.46. The van der Waals surface area contributed by atoms with Crippen LogP contribution >= 0.6 is 0 Å². The third-order valence-corrected chi connectivity index (χ3v) is 18.5. The third-order valence-electron chi connectivity index (χ3n) is 18.5. The van der Waals surface area contributed by atoms with E-state index in [4.69, 9.17) is 0 Å². The van der Waals surface area contributed by atoms with Crippen LogP contribution in [0.15, 0.2) is 303 Å². The number of nitrogens with zero attached hydrogens (tertiary/aromatic N) is 4. The molecule has 16 rings (SSSR count). The van der Waals surface area contributed by atoms with Crippen LogP contribution in [0.3, 0.4) is 0 Å². The Morgan fingerprint density at radius 3 is 0.911 bits per heavy atom. The molecule has 0 radical (unpaired) electrons. The first-order valence-corrected chi connectivity index (χ1v) is 31.5. The largest absolute Gasteiger partial charge is 0.310 e. The highest BCUT2D eigenvalue weighted by molar-refractivity contribution is 6.19. The molecule has 0 atom stereocenters. The number of benzene rings is 14. The molecule has 0 fully saturated rings. The van der Waals surface area contributed by atoms with Crippen molar-refractivity contribution in [3.05, 3.63) is 314 Å². The zero-order chi connectivity index (χ0) is 60.8. The van der Waals surface area contributed by atoms with Crippen molar-refractivity contribution < 1.29 is 0 Å². The highest BCUT2D eigenvalue weighted by Gasteiger charge is 2.24. The Balaban J connectivity index is 0.850. The van der Waals surface area contributed by atoms with Crippen LogP contribution < -0.4 is 9.80 Å². The van der Waals surface area contributed by atoms with E-state index in [-0.39, 0.29) is 10.8 Å². The maximum absolute atomic E-state index is 2.47. The van der Waals surface area contributed by atoms with Crippen LogP contribution in [0, 0.1) is 0 Å². The molecule has 0 bridgehead atoms. The average molecular weight is 1160 g/mol. The lowest BCUT2D eigenvalue weighted by Gasteiger charge is -2.27. The lowest BCUT2D eigenvalue weighted by atomic mass is 9.87. The van der Waals surface area contributed by atoms with E-state index in [0.717, 1.165) is 67.6 Å². The van der Waals surface area contributed by atoms with Gasteiger partial charge in [0, 0.05) is 67.0 Å². The maximum Gasteiger partial charge on any atom is 0.0561 e. The summed E-state index contributed by atoms with van der Waals surface area (Å²) < 4.78 is 4.94. The number of para-hydroxylation sites is 2. The fourth-order valence-corrected chi connectivity index (χ4v) is 13.7. The molecule has 0 saturated heterocycles. The summed E-state index contributed by atoms with van der Waals surface area (Å²) in [7, 11) is 0. The second-order valence-electron chi connectivity index (χ2n) is 26.3. The SMILES string of the molecule is CC(C)(C)c1ccc(N(c2ccc(-c3ccc4ccccc4c3)cc2)c2ccc3c4cc5cc6c7ccc(N(c8ccc(-c9ccc%10ccccc%10c9)cc8)c8ccc(C(C)(C)C)cc8)cc7n(-c7ccccc7)c6cc5cc4n(-c4ccccc4)c3c2)cc1. The van der Waals surface area contributed by atoms with Gasteiger partial charge in [-0.2, -0.15) is 0 Å². The lowest BCUT2D eigenvalue weighted by molar-refractivity contribution is 0.590. The van der Waals surface area contributed by atoms with E-state index in [1.807, 2.05) is 0 Å². The summed E-state index contributed by atoms with van der Waals surface area (Å²) in [4.78, 5) is 4.83. The lowest BCUT2D eigenvalue weighted by Crippen LogP contribution is -2.13. The van der Waals surface area contributed by atoms with Crippen molar-refractivity contribution in [2.45, 2.75) is 52.4 Å². The minimum Gasteiger partial charge on any atom is -0.310 e. The van der Waals surface area contributed by atoms with Crippen LogP contribution in [-0.2, 0) is 10.8 Å². The normalized spacial score (nSPS) is 12.1. The van der Waals surface area contributed by atoms with Gasteiger partial charge < -0.3 is 18.9 Å². The Morgan fingerprint density at radius 2 is 0.533 bits per heavy atom. The molecule has 0 amide bonds. The van der Waals surface area contributed by atoms with Gasteiger partial charge in [-0.25, -0.2) is 0 Å². The van der Waals surface area contributed by atoms with Crippen molar-refractivity contribution in [1.82, 2.24) is 9.13 Å². The molecule has 0 spiro atoms. The minimum absolute atomic E-state index is 0.0208. The zero-order valence-corrected chi connectivity index (χ0v) is 51.7. The molecular weight excluding hydrogens is 1090 g/mol. The van der Waals surface area contributed by atoms with E-state index < -0.39 is 0 Å². The molecule has 90 heavy (non-hydrogen) atoms. The summed E-state index contributed by atoms with van der Waals surface area (Å²) in [5.41, 5.74) is 20.8. The molecule has 0 aliphatic rings. The van der Waals surface area contributed by atoms with Crippen LogP contribution in [0.25, 0.3) is 110 Å². The van der Waals surface area contributed by atoms with Crippen LogP contribution in [0.2, 0.25) is 0 Å². The van der Waals surface area contributed by atoms with E-state index in [1.54, 1.807) is 0 Å². The molecule has 0 saturated carbocycles. The Morgan fingerprint density at radius 1 is 0.222 bits per heavy atom. The molecule has 0 aliphatic heterocycles. The molecule has 432 valence electrons. The van der Waals surface area contributed by atoms with Gasteiger partial charge in [-0.05, 0) is 210 Å². The van der Waals surface area contributed by atoms with Crippen LogP contribution in [0.4, 0.5) is 34.1 Å². The second-order valence-corrected chi connectivity index (χ2v) is 26.3. The maximum atomic E-state index is 2.47. The molecule has 16 aromatic rings. The Labute approximate surface area is 526 Å². The number of aromatic nitrogens is 2. The van der Waals surface area contributed by atoms with Crippen LogP contribution in [0.1, 0.15) is 52.7 Å². The monoisotopic (exact) mass is 1160 g/mol. The van der Waals surface area contributed by atoms with Gasteiger partial charge in [0.25, 0.3) is 0 Å². The summed E-state index contributed by atoms with van der Waals surface area (Å²) >= 11 is 0. The average Bonchev–Trinajstić information content (AvgIpc) is 1.58. The van der Waals surface area contributed by atoms with E-state index in [9.17, 15) is 0 Å². The minimum atomic E-state index is 0.0208. The number of rotatable bonds is 10. The van der Waals surface area contributed by atoms with Crippen LogP contribution in [0.5, 0.6) is 0 Å². The van der Waals surface area contributed by atoms with Gasteiger partial charge in [-0.15, -0.1) is 0 Å². The predicted molar refractivity (Wildman–Crippen MR) is 385 cm³/mol. The van der Waals surface area contributed by atoms with Gasteiger partial charge in [0.2, 0.25) is 0 Å². The van der Waals surface area contributed by atoms with Crippen molar-refractivity contribution in [2.75, 3.05) is 9.80 Å². The molecule has 2 aromatic heterocycles. The van der Waals surface area contributed by atoms with Crippen molar-refractivity contribution in [2.24, 2.45) is 0 Å². The smallest absolute Gasteiger partial charge is 0.0561 e. The van der Waals surface area contributed by atoms with Gasteiger partial charge in [0.1, 0.15) is 0 Å². The van der Waals surface area contributed by atoms with Gasteiger partial charge in [-0.3, -0.25) is 0 Å².